The molecule has 1 saturated heterocycles. The molecule has 1 atom stereocenters. The molecule has 2 aromatic rings. The van der Waals surface area contributed by atoms with E-state index in [0.29, 0.717) is 33.5 Å². The number of carbonyl (C=O) groups is 3. The predicted molar refractivity (Wildman–Crippen MR) is 125 cm³/mol. The lowest BCUT2D eigenvalue weighted by Crippen LogP contribution is -2.45. The minimum Gasteiger partial charge on any atom is -0.496 e. The Bertz CT molecular complexity index is 1180. The van der Waals surface area contributed by atoms with Crippen molar-refractivity contribution in [2.75, 3.05) is 19.0 Å². The maximum Gasteiger partial charge on any atom is 0.338 e. The molecular formula is C24H28N2O7S. The van der Waals surface area contributed by atoms with Crippen molar-refractivity contribution in [2.24, 2.45) is 0 Å². The largest absolute Gasteiger partial charge is 0.496 e. The van der Waals surface area contributed by atoms with Gasteiger partial charge in [-0.3, -0.25) is 9.59 Å². The van der Waals surface area contributed by atoms with Gasteiger partial charge in [0, 0.05) is 12.1 Å². The van der Waals surface area contributed by atoms with Gasteiger partial charge in [0.1, 0.15) is 11.8 Å². The highest BCUT2D eigenvalue weighted by atomic mass is 32.2. The van der Waals surface area contributed by atoms with Crippen LogP contribution in [-0.4, -0.2) is 50.3 Å². The number of aryl methyl sites for hydroxylation is 1. The SMILES string of the molecule is CCCCOC(=O)c1ccc(NC(=O)[C@@H]2CCC(=O)N2S(=O)(=O)c2ccc(OC)c(C)c2)cc1. The number of nitrogens with one attached hydrogen (secondary N) is 1. The van der Waals surface area contributed by atoms with Crippen molar-refractivity contribution < 1.29 is 32.3 Å². The van der Waals surface area contributed by atoms with E-state index < -0.39 is 33.8 Å². The molecular weight excluding hydrogens is 460 g/mol. The number of ether oxygens (including phenoxy) is 2. The minimum absolute atomic E-state index is 0.0605. The molecule has 1 fully saturated rings. The Kier molecular flexibility index (Phi) is 7.93. The van der Waals surface area contributed by atoms with E-state index in [-0.39, 0.29) is 17.7 Å². The molecule has 0 aromatic heterocycles. The second kappa shape index (κ2) is 10.7. The van der Waals surface area contributed by atoms with Crippen molar-refractivity contribution in [3.05, 3.63) is 53.6 Å². The highest BCUT2D eigenvalue weighted by molar-refractivity contribution is 7.89. The number of sulfonamides is 1. The Morgan fingerprint density at radius 3 is 2.47 bits per heavy atom. The summed E-state index contributed by atoms with van der Waals surface area (Å²) in [4.78, 5) is 37.3. The number of benzene rings is 2. The van der Waals surface area contributed by atoms with Crippen LogP contribution >= 0.6 is 0 Å². The van der Waals surface area contributed by atoms with E-state index in [2.05, 4.69) is 5.32 Å². The van der Waals surface area contributed by atoms with Crippen molar-refractivity contribution >= 4 is 33.5 Å². The third-order valence-electron chi connectivity index (χ3n) is 5.51. The van der Waals surface area contributed by atoms with Gasteiger partial charge in [0.05, 0.1) is 24.2 Å². The summed E-state index contributed by atoms with van der Waals surface area (Å²) in [5.74, 6) is -1.21. The van der Waals surface area contributed by atoms with Gasteiger partial charge in [-0.05, 0) is 67.8 Å². The molecule has 0 unspecified atom stereocenters. The summed E-state index contributed by atoms with van der Waals surface area (Å²) in [5.41, 5.74) is 1.29. The zero-order valence-electron chi connectivity index (χ0n) is 19.4. The monoisotopic (exact) mass is 488 g/mol. The van der Waals surface area contributed by atoms with Crippen LogP contribution < -0.4 is 10.1 Å². The number of carbonyl (C=O) groups excluding carboxylic acids is 3. The summed E-state index contributed by atoms with van der Waals surface area (Å²) in [6, 6.07) is 9.16. The summed E-state index contributed by atoms with van der Waals surface area (Å²) in [6.45, 7) is 4.02. The highest BCUT2D eigenvalue weighted by Gasteiger charge is 2.44. The molecule has 1 aliphatic heterocycles. The van der Waals surface area contributed by atoms with Gasteiger partial charge in [0.15, 0.2) is 0 Å². The Morgan fingerprint density at radius 2 is 1.85 bits per heavy atom. The van der Waals surface area contributed by atoms with Crippen LogP contribution in [0.1, 0.15) is 48.5 Å². The van der Waals surface area contributed by atoms with E-state index in [9.17, 15) is 22.8 Å². The first-order valence-corrected chi connectivity index (χ1v) is 12.4. The zero-order valence-corrected chi connectivity index (χ0v) is 20.2. The third-order valence-corrected chi connectivity index (χ3v) is 7.33. The Labute approximate surface area is 199 Å². The lowest BCUT2D eigenvalue weighted by Gasteiger charge is -2.24. The van der Waals surface area contributed by atoms with E-state index in [1.54, 1.807) is 6.92 Å². The van der Waals surface area contributed by atoms with Crippen LogP contribution in [0.15, 0.2) is 47.4 Å². The Hall–Kier alpha value is -3.40. The highest BCUT2D eigenvalue weighted by Crippen LogP contribution is 2.30. The summed E-state index contributed by atoms with van der Waals surface area (Å²) in [5, 5.41) is 2.64. The molecule has 0 saturated carbocycles. The molecule has 2 amide bonds. The summed E-state index contributed by atoms with van der Waals surface area (Å²) >= 11 is 0. The average molecular weight is 489 g/mol. The Morgan fingerprint density at radius 1 is 1.15 bits per heavy atom. The first-order valence-electron chi connectivity index (χ1n) is 11.0. The van der Waals surface area contributed by atoms with Crippen molar-refractivity contribution in [1.82, 2.24) is 4.31 Å². The van der Waals surface area contributed by atoms with Crippen molar-refractivity contribution in [2.45, 2.75) is 50.5 Å². The molecule has 0 spiro atoms. The zero-order chi connectivity index (χ0) is 24.9. The van der Waals surface area contributed by atoms with Crippen molar-refractivity contribution in [3.8, 4) is 5.75 Å². The molecule has 182 valence electrons. The molecule has 0 aliphatic carbocycles. The first kappa shape index (κ1) is 25.2. The molecule has 0 bridgehead atoms. The molecule has 3 rings (SSSR count). The number of rotatable bonds is 9. The molecule has 0 radical (unpaired) electrons. The van der Waals surface area contributed by atoms with Gasteiger partial charge in [-0.25, -0.2) is 17.5 Å². The van der Waals surface area contributed by atoms with Gasteiger partial charge in [-0.1, -0.05) is 13.3 Å². The van der Waals surface area contributed by atoms with Crippen LogP contribution in [0.2, 0.25) is 0 Å². The summed E-state index contributed by atoms with van der Waals surface area (Å²) < 4.78 is 37.4. The van der Waals surface area contributed by atoms with Crippen LogP contribution in [0, 0.1) is 6.92 Å². The molecule has 34 heavy (non-hydrogen) atoms. The van der Waals surface area contributed by atoms with Crippen LogP contribution in [0.25, 0.3) is 0 Å². The number of methoxy groups -OCH3 is 1. The fourth-order valence-corrected chi connectivity index (χ4v) is 5.32. The normalized spacial score (nSPS) is 15.8. The maximum atomic E-state index is 13.2. The summed E-state index contributed by atoms with van der Waals surface area (Å²) in [6.07, 6.45) is 1.69. The van der Waals surface area contributed by atoms with Crippen LogP contribution in [0.3, 0.4) is 0 Å². The number of anilines is 1. The van der Waals surface area contributed by atoms with E-state index >= 15 is 0 Å². The fraction of sp³-hybridized carbons (Fsp3) is 0.375. The van der Waals surface area contributed by atoms with E-state index in [1.165, 1.54) is 49.6 Å². The van der Waals surface area contributed by atoms with Crippen LogP contribution in [0.5, 0.6) is 5.75 Å². The summed E-state index contributed by atoms with van der Waals surface area (Å²) in [7, 11) is -2.77. The molecule has 1 heterocycles. The van der Waals surface area contributed by atoms with Crippen molar-refractivity contribution in [1.29, 1.82) is 0 Å². The van der Waals surface area contributed by atoms with Crippen LogP contribution in [-0.2, 0) is 24.3 Å². The number of hydrogen-bond acceptors (Lipinski definition) is 7. The molecule has 2 aromatic carbocycles. The number of hydrogen-bond donors (Lipinski definition) is 1. The minimum atomic E-state index is -4.24. The molecule has 9 nitrogen and oxygen atoms in total. The first-order chi connectivity index (χ1) is 16.2. The fourth-order valence-electron chi connectivity index (χ4n) is 3.63. The quantitative estimate of drug-likeness (QED) is 0.425. The smallest absolute Gasteiger partial charge is 0.338 e. The van der Waals surface area contributed by atoms with E-state index in [0.717, 1.165) is 12.8 Å². The van der Waals surface area contributed by atoms with E-state index in [1.807, 2.05) is 6.92 Å². The number of nitrogens with zero attached hydrogens (tertiary/aromatic N) is 1. The number of esters is 1. The van der Waals surface area contributed by atoms with Crippen LogP contribution in [0.4, 0.5) is 5.69 Å². The predicted octanol–water partition coefficient (Wildman–Crippen LogP) is 3.28. The lowest BCUT2D eigenvalue weighted by molar-refractivity contribution is -0.128. The second-order valence-electron chi connectivity index (χ2n) is 7.94. The molecule has 10 heteroatoms. The van der Waals surface area contributed by atoms with Gasteiger partial charge < -0.3 is 14.8 Å². The number of unbranched alkanes of at least 4 members (excludes halogenated alkanes) is 1. The molecule has 1 N–H and O–H groups in total. The Balaban J connectivity index is 1.75. The topological polar surface area (TPSA) is 119 Å². The van der Waals surface area contributed by atoms with Gasteiger partial charge in [0.2, 0.25) is 11.8 Å². The lowest BCUT2D eigenvalue weighted by atomic mass is 10.2. The van der Waals surface area contributed by atoms with Gasteiger partial charge in [0.25, 0.3) is 10.0 Å². The van der Waals surface area contributed by atoms with E-state index in [4.69, 9.17) is 9.47 Å². The number of amides is 2. The maximum absolute atomic E-state index is 13.2. The van der Waals surface area contributed by atoms with Gasteiger partial charge in [-0.2, -0.15) is 0 Å². The average Bonchev–Trinajstić information content (AvgIpc) is 3.22. The molecule has 1 aliphatic rings. The standard InChI is InChI=1S/C24H28N2O7S/c1-4-5-14-33-24(29)17-6-8-18(9-7-17)25-23(28)20-11-13-22(27)26(20)34(30,31)19-10-12-21(32-3)16(2)15-19/h6-10,12,15,20H,4-5,11,13-14H2,1-3H3,(H,25,28)/t20-/m0/s1. The second-order valence-corrected chi connectivity index (χ2v) is 9.75. The van der Waals surface area contributed by atoms with Crippen molar-refractivity contribution in [3.63, 3.8) is 0 Å². The van der Waals surface area contributed by atoms with Gasteiger partial charge >= 0.3 is 5.97 Å². The van der Waals surface area contributed by atoms with Gasteiger partial charge in [-0.15, -0.1) is 0 Å². The third kappa shape index (κ3) is 5.39.